The normalized spacial score (nSPS) is 15.9. The van der Waals surface area contributed by atoms with E-state index in [1.165, 1.54) is 36.4 Å². The molecule has 0 aliphatic carbocycles. The van der Waals surface area contributed by atoms with Crippen LogP contribution in [0.15, 0.2) is 46.9 Å². The van der Waals surface area contributed by atoms with E-state index in [0.29, 0.717) is 5.56 Å². The smallest absolute Gasteiger partial charge is 0.430 e. The van der Waals surface area contributed by atoms with E-state index in [-0.39, 0.29) is 26.8 Å². The summed E-state index contributed by atoms with van der Waals surface area (Å²) in [5.41, 5.74) is -0.590. The molecule has 30 heavy (non-hydrogen) atoms. The molecule has 1 unspecified atom stereocenters. The number of carbonyl (C=O) groups is 1. The second-order valence-corrected chi connectivity index (χ2v) is 8.13. The molecule has 156 valence electrons. The largest absolute Gasteiger partial charge is 0.478 e. The first-order chi connectivity index (χ1) is 13.9. The molecule has 3 N–H and O–H groups in total. The Labute approximate surface area is 173 Å². The third kappa shape index (κ3) is 4.59. The molecule has 0 amide bonds. The molecule has 0 radical (unpaired) electrons. The number of aliphatic carboxylic acids is 1. The molecule has 3 rings (SSSR count). The summed E-state index contributed by atoms with van der Waals surface area (Å²) in [5, 5.41) is 14.2. The molecule has 0 saturated carbocycles. The number of carboxylic acids is 1. The molecule has 0 aromatic heterocycles. The van der Waals surface area contributed by atoms with Gasteiger partial charge in [0.25, 0.3) is 0 Å². The summed E-state index contributed by atoms with van der Waals surface area (Å²) >= 11 is 5.99. The topological polar surface area (TPSA) is 107 Å². The average Bonchev–Trinajstić information content (AvgIpc) is 2.63. The van der Waals surface area contributed by atoms with Crippen LogP contribution in [0, 0.1) is 11.8 Å². The number of halogens is 4. The van der Waals surface area contributed by atoms with E-state index in [1.807, 2.05) is 0 Å². The van der Waals surface area contributed by atoms with Gasteiger partial charge in [-0.15, -0.1) is 0 Å². The Morgan fingerprint density at radius 3 is 2.33 bits per heavy atom. The molecule has 1 atom stereocenters. The highest BCUT2D eigenvalue weighted by Crippen LogP contribution is 2.40. The number of fused-ring (bicyclic) bond motifs is 1. The van der Waals surface area contributed by atoms with Crippen LogP contribution in [0.3, 0.4) is 0 Å². The number of nitrogens with two attached hydrogens (primary N) is 1. The zero-order chi connectivity index (χ0) is 22.3. The Balaban J connectivity index is 2.06. The molecule has 2 aromatic carbocycles. The van der Waals surface area contributed by atoms with Crippen molar-refractivity contribution < 1.29 is 36.2 Å². The van der Waals surface area contributed by atoms with Crippen molar-refractivity contribution in [1.82, 2.24) is 0 Å². The van der Waals surface area contributed by atoms with E-state index in [2.05, 4.69) is 11.8 Å². The highest BCUT2D eigenvalue weighted by atomic mass is 35.5. The van der Waals surface area contributed by atoms with Crippen molar-refractivity contribution in [2.75, 3.05) is 0 Å². The maximum atomic E-state index is 13.3. The second kappa shape index (κ2) is 7.68. The van der Waals surface area contributed by atoms with Crippen LogP contribution < -0.4 is 9.88 Å². The highest BCUT2D eigenvalue weighted by molar-refractivity contribution is 7.89. The van der Waals surface area contributed by atoms with Gasteiger partial charge in [0, 0.05) is 16.1 Å². The van der Waals surface area contributed by atoms with Crippen LogP contribution in [0.1, 0.15) is 16.7 Å². The number of hydrogen-bond acceptors (Lipinski definition) is 4. The Hall–Kier alpha value is -3.00. The lowest BCUT2D eigenvalue weighted by molar-refractivity contribution is -0.187. The summed E-state index contributed by atoms with van der Waals surface area (Å²) in [6, 6.07) is 7.73. The molecule has 0 fully saturated rings. The zero-order valence-corrected chi connectivity index (χ0v) is 16.3. The zero-order valence-electron chi connectivity index (χ0n) is 14.7. The van der Waals surface area contributed by atoms with Gasteiger partial charge in [-0.25, -0.2) is 18.4 Å². The maximum absolute atomic E-state index is 13.3. The second-order valence-electron chi connectivity index (χ2n) is 6.14. The van der Waals surface area contributed by atoms with Crippen LogP contribution in [0.5, 0.6) is 5.75 Å². The Bertz CT molecular complexity index is 1230. The van der Waals surface area contributed by atoms with Crippen LogP contribution in [-0.4, -0.2) is 31.8 Å². The third-order valence-electron chi connectivity index (χ3n) is 3.98. The lowest BCUT2D eigenvalue weighted by Crippen LogP contribution is -2.40. The van der Waals surface area contributed by atoms with Gasteiger partial charge in [-0.05, 0) is 42.5 Å². The Kier molecular flexibility index (Phi) is 5.56. The van der Waals surface area contributed by atoms with E-state index in [4.69, 9.17) is 26.6 Å². The minimum absolute atomic E-state index is 0.00274. The van der Waals surface area contributed by atoms with Gasteiger partial charge in [0.05, 0.1) is 16.0 Å². The summed E-state index contributed by atoms with van der Waals surface area (Å²) in [6.45, 7) is 0. The van der Waals surface area contributed by atoms with Crippen molar-refractivity contribution in [3.63, 3.8) is 0 Å². The lowest BCUT2D eigenvalue weighted by Gasteiger charge is -2.27. The number of ether oxygens (including phenoxy) is 1. The number of primary sulfonamides is 1. The molecule has 1 aliphatic rings. The molecule has 1 heterocycles. The van der Waals surface area contributed by atoms with E-state index < -0.39 is 33.8 Å². The summed E-state index contributed by atoms with van der Waals surface area (Å²) < 4.78 is 67.4. The van der Waals surface area contributed by atoms with Crippen LogP contribution in [0.4, 0.5) is 13.2 Å². The number of benzene rings is 2. The van der Waals surface area contributed by atoms with Gasteiger partial charge in [-0.3, -0.25) is 0 Å². The fraction of sp³-hybridized carbons (Fsp3) is 0.105. The number of rotatable bonds is 2. The van der Waals surface area contributed by atoms with Crippen molar-refractivity contribution in [2.45, 2.75) is 17.2 Å². The molecular formula is C19H11ClF3NO5S. The fourth-order valence-corrected chi connectivity index (χ4v) is 3.40. The van der Waals surface area contributed by atoms with Gasteiger partial charge in [0.2, 0.25) is 16.1 Å². The number of sulfonamides is 1. The standard InChI is InChI=1S/C19H11ClF3NO5S/c20-13-7-11(4-1-10-2-5-14(6-3-10)30(24,27)28)16-12(8-13)9-15(18(25)26)17(29-16)19(21,22)23/h2-3,5-9,17H,(H,25,26)(H2,24,27,28). The quantitative estimate of drug-likeness (QED) is 0.674. The molecule has 1 aliphatic heterocycles. The summed E-state index contributed by atoms with van der Waals surface area (Å²) in [7, 11) is -3.88. The monoisotopic (exact) mass is 457 g/mol. The minimum atomic E-state index is -4.96. The molecule has 0 saturated heterocycles. The van der Waals surface area contributed by atoms with Crippen molar-refractivity contribution >= 4 is 33.7 Å². The van der Waals surface area contributed by atoms with Crippen molar-refractivity contribution in [3.05, 3.63) is 63.7 Å². The van der Waals surface area contributed by atoms with E-state index in [9.17, 15) is 26.4 Å². The summed E-state index contributed by atoms with van der Waals surface area (Å²) in [4.78, 5) is 11.1. The van der Waals surface area contributed by atoms with Gasteiger partial charge in [-0.1, -0.05) is 23.4 Å². The molecule has 2 aromatic rings. The van der Waals surface area contributed by atoms with Crippen molar-refractivity contribution in [2.24, 2.45) is 5.14 Å². The van der Waals surface area contributed by atoms with Crippen molar-refractivity contribution in [1.29, 1.82) is 0 Å². The van der Waals surface area contributed by atoms with Gasteiger partial charge in [-0.2, -0.15) is 13.2 Å². The SMILES string of the molecule is NS(=O)(=O)c1ccc(C#Cc2cc(Cl)cc3c2OC(C(F)(F)F)C(C(=O)O)=C3)cc1. The third-order valence-corrected chi connectivity index (χ3v) is 5.13. The summed E-state index contributed by atoms with van der Waals surface area (Å²) in [5.74, 6) is 3.25. The number of hydrogen-bond donors (Lipinski definition) is 2. The number of alkyl halides is 3. The molecule has 6 nitrogen and oxygen atoms in total. The minimum Gasteiger partial charge on any atom is -0.478 e. The van der Waals surface area contributed by atoms with Gasteiger partial charge in [0.15, 0.2) is 0 Å². The molecule has 0 spiro atoms. The predicted octanol–water partition coefficient (Wildman–Crippen LogP) is 3.18. The molecule has 11 heteroatoms. The Morgan fingerprint density at radius 2 is 1.80 bits per heavy atom. The first-order valence-corrected chi connectivity index (χ1v) is 9.95. The summed E-state index contributed by atoms with van der Waals surface area (Å²) in [6.07, 6.45) is -6.79. The van der Waals surface area contributed by atoms with E-state index in [1.54, 1.807) is 0 Å². The van der Waals surface area contributed by atoms with Gasteiger partial charge < -0.3 is 9.84 Å². The Morgan fingerprint density at radius 1 is 1.17 bits per heavy atom. The lowest BCUT2D eigenvalue weighted by atomic mass is 9.98. The average molecular weight is 458 g/mol. The fourth-order valence-electron chi connectivity index (χ4n) is 2.66. The van der Waals surface area contributed by atoms with Crippen LogP contribution >= 0.6 is 11.6 Å². The molecule has 0 bridgehead atoms. The van der Waals surface area contributed by atoms with Gasteiger partial charge >= 0.3 is 12.1 Å². The van der Waals surface area contributed by atoms with Crippen molar-refractivity contribution in [3.8, 4) is 17.6 Å². The van der Waals surface area contributed by atoms with E-state index in [0.717, 1.165) is 6.08 Å². The van der Waals surface area contributed by atoms with Crippen LogP contribution in [0.2, 0.25) is 5.02 Å². The van der Waals surface area contributed by atoms with Gasteiger partial charge in [0.1, 0.15) is 5.75 Å². The predicted molar refractivity (Wildman–Crippen MR) is 101 cm³/mol. The van der Waals surface area contributed by atoms with Crippen LogP contribution in [-0.2, 0) is 14.8 Å². The molecular weight excluding hydrogens is 447 g/mol. The first kappa shape index (κ1) is 21.7. The number of carboxylic acid groups (broad SMARTS) is 1. The first-order valence-electron chi connectivity index (χ1n) is 8.03. The highest BCUT2D eigenvalue weighted by Gasteiger charge is 2.48. The maximum Gasteiger partial charge on any atom is 0.430 e. The van der Waals surface area contributed by atoms with Crippen LogP contribution in [0.25, 0.3) is 6.08 Å². The van der Waals surface area contributed by atoms with E-state index >= 15 is 0 Å².